The first-order valence-corrected chi connectivity index (χ1v) is 6.44. The van der Waals surface area contributed by atoms with Crippen LogP contribution in [-0.2, 0) is 4.79 Å². The van der Waals surface area contributed by atoms with Gasteiger partial charge in [0.05, 0.1) is 0 Å². The van der Waals surface area contributed by atoms with Crippen molar-refractivity contribution in [3.05, 3.63) is 24.0 Å². The highest BCUT2D eigenvalue weighted by Gasteiger charge is 2.04. The number of halogens is 1. The number of nitrogen functional groups attached to an aromatic ring is 1. The molecule has 0 aromatic heterocycles. The third kappa shape index (κ3) is 5.58. The first kappa shape index (κ1) is 13.8. The molecule has 17 heavy (non-hydrogen) atoms. The molecular weight excluding hydrogens is 239 g/mol. The van der Waals surface area contributed by atoms with Gasteiger partial charge in [0.2, 0.25) is 5.91 Å². The van der Waals surface area contributed by atoms with Crippen molar-refractivity contribution in [3.8, 4) is 0 Å². The molecule has 0 fully saturated rings. The standard InChI is InChI=1S/C12H17FN2OS/c1-8(2)15-12(16)3-4-17-11-6-9(13)5-10(14)7-11/h5-8H,3-4,14H2,1-2H3,(H,15,16). The molecule has 0 saturated heterocycles. The van der Waals surface area contributed by atoms with Gasteiger partial charge < -0.3 is 11.1 Å². The Balaban J connectivity index is 2.38. The number of thioether (sulfide) groups is 1. The molecule has 0 aliphatic carbocycles. The number of hydrogen-bond acceptors (Lipinski definition) is 3. The summed E-state index contributed by atoms with van der Waals surface area (Å²) in [5.41, 5.74) is 5.93. The minimum atomic E-state index is -0.348. The lowest BCUT2D eigenvalue weighted by molar-refractivity contribution is -0.121. The van der Waals surface area contributed by atoms with Crippen LogP contribution in [-0.4, -0.2) is 17.7 Å². The molecule has 0 aliphatic heterocycles. The molecule has 0 bridgehead atoms. The van der Waals surface area contributed by atoms with E-state index in [1.165, 1.54) is 23.9 Å². The summed E-state index contributed by atoms with van der Waals surface area (Å²) in [7, 11) is 0. The van der Waals surface area contributed by atoms with Crippen molar-refractivity contribution in [2.24, 2.45) is 0 Å². The lowest BCUT2D eigenvalue weighted by Crippen LogP contribution is -2.30. The molecule has 0 unspecified atom stereocenters. The topological polar surface area (TPSA) is 55.1 Å². The molecule has 3 nitrogen and oxygen atoms in total. The van der Waals surface area contributed by atoms with E-state index in [0.717, 1.165) is 4.90 Å². The van der Waals surface area contributed by atoms with Gasteiger partial charge in [0.15, 0.2) is 0 Å². The van der Waals surface area contributed by atoms with Gasteiger partial charge in [0.1, 0.15) is 5.82 Å². The van der Waals surface area contributed by atoms with E-state index in [1.807, 2.05) is 13.8 Å². The van der Waals surface area contributed by atoms with E-state index in [0.29, 0.717) is 17.9 Å². The Labute approximate surface area is 105 Å². The molecule has 0 aliphatic rings. The van der Waals surface area contributed by atoms with Gasteiger partial charge in [0, 0.05) is 28.8 Å². The van der Waals surface area contributed by atoms with Crippen molar-refractivity contribution in [2.75, 3.05) is 11.5 Å². The molecule has 3 N–H and O–H groups in total. The van der Waals surface area contributed by atoms with Crippen molar-refractivity contribution in [1.29, 1.82) is 0 Å². The normalized spacial score (nSPS) is 10.6. The number of benzene rings is 1. The Kier molecular flexibility index (Phi) is 5.28. The lowest BCUT2D eigenvalue weighted by Gasteiger charge is -2.08. The highest BCUT2D eigenvalue weighted by molar-refractivity contribution is 7.99. The largest absolute Gasteiger partial charge is 0.399 e. The third-order valence-electron chi connectivity index (χ3n) is 1.94. The number of carbonyl (C=O) groups is 1. The van der Waals surface area contributed by atoms with Crippen LogP contribution in [0.15, 0.2) is 23.1 Å². The van der Waals surface area contributed by atoms with Gasteiger partial charge in [0.25, 0.3) is 0 Å². The fourth-order valence-corrected chi connectivity index (χ4v) is 2.26. The zero-order chi connectivity index (χ0) is 12.8. The molecule has 1 rings (SSSR count). The van der Waals surface area contributed by atoms with Crippen molar-refractivity contribution in [2.45, 2.75) is 31.2 Å². The minimum absolute atomic E-state index is 0.0110. The zero-order valence-electron chi connectivity index (χ0n) is 10.00. The van der Waals surface area contributed by atoms with Gasteiger partial charge in [-0.05, 0) is 32.0 Å². The van der Waals surface area contributed by atoms with Crippen LogP contribution in [0.2, 0.25) is 0 Å². The quantitative estimate of drug-likeness (QED) is 0.628. The van der Waals surface area contributed by atoms with Gasteiger partial charge in [-0.2, -0.15) is 0 Å². The summed E-state index contributed by atoms with van der Waals surface area (Å²) >= 11 is 1.42. The maximum absolute atomic E-state index is 13.0. The number of nitrogens with one attached hydrogen (secondary N) is 1. The molecule has 1 aromatic carbocycles. The minimum Gasteiger partial charge on any atom is -0.399 e. The monoisotopic (exact) mass is 256 g/mol. The van der Waals surface area contributed by atoms with E-state index < -0.39 is 0 Å². The number of anilines is 1. The van der Waals surface area contributed by atoms with Crippen LogP contribution in [0.25, 0.3) is 0 Å². The summed E-state index contributed by atoms with van der Waals surface area (Å²) < 4.78 is 13.0. The second-order valence-corrected chi connectivity index (χ2v) is 5.21. The fraction of sp³-hybridized carbons (Fsp3) is 0.417. The average molecular weight is 256 g/mol. The Morgan fingerprint density at radius 3 is 2.76 bits per heavy atom. The fourth-order valence-electron chi connectivity index (χ4n) is 1.32. The van der Waals surface area contributed by atoms with Crippen LogP contribution in [0, 0.1) is 5.82 Å². The maximum Gasteiger partial charge on any atom is 0.221 e. The van der Waals surface area contributed by atoms with E-state index in [2.05, 4.69) is 5.32 Å². The molecule has 0 saturated carbocycles. The highest BCUT2D eigenvalue weighted by Crippen LogP contribution is 2.22. The maximum atomic E-state index is 13.0. The van der Waals surface area contributed by atoms with Gasteiger partial charge in [-0.15, -0.1) is 11.8 Å². The molecule has 1 amide bonds. The van der Waals surface area contributed by atoms with Crippen LogP contribution in [0.5, 0.6) is 0 Å². The molecule has 0 spiro atoms. The van der Waals surface area contributed by atoms with Gasteiger partial charge >= 0.3 is 0 Å². The summed E-state index contributed by atoms with van der Waals surface area (Å²) in [6, 6.07) is 4.54. The van der Waals surface area contributed by atoms with E-state index in [1.54, 1.807) is 6.07 Å². The molecule has 0 atom stereocenters. The highest BCUT2D eigenvalue weighted by atomic mass is 32.2. The van der Waals surface area contributed by atoms with Crippen LogP contribution in [0.4, 0.5) is 10.1 Å². The summed E-state index contributed by atoms with van der Waals surface area (Å²) in [4.78, 5) is 12.1. The van der Waals surface area contributed by atoms with Gasteiger partial charge in [-0.1, -0.05) is 0 Å². The van der Waals surface area contributed by atoms with E-state index >= 15 is 0 Å². The summed E-state index contributed by atoms with van der Waals surface area (Å²) in [5, 5.41) is 2.80. The molecule has 1 aromatic rings. The van der Waals surface area contributed by atoms with Crippen molar-refractivity contribution in [3.63, 3.8) is 0 Å². The third-order valence-corrected chi connectivity index (χ3v) is 2.92. The number of rotatable bonds is 5. The smallest absolute Gasteiger partial charge is 0.221 e. The van der Waals surface area contributed by atoms with E-state index in [9.17, 15) is 9.18 Å². The predicted molar refractivity (Wildman–Crippen MR) is 69.4 cm³/mol. The Hall–Kier alpha value is -1.23. The van der Waals surface area contributed by atoms with Crippen molar-refractivity contribution < 1.29 is 9.18 Å². The molecular formula is C12H17FN2OS. The molecule has 0 radical (unpaired) electrons. The van der Waals surface area contributed by atoms with Gasteiger partial charge in [-0.25, -0.2) is 4.39 Å². The summed E-state index contributed by atoms with van der Waals surface area (Å²) in [5.74, 6) is 0.276. The Bertz CT molecular complexity index is 376. The number of amides is 1. The lowest BCUT2D eigenvalue weighted by atomic mass is 10.3. The van der Waals surface area contributed by atoms with Crippen LogP contribution in [0.3, 0.4) is 0 Å². The first-order valence-electron chi connectivity index (χ1n) is 5.45. The zero-order valence-corrected chi connectivity index (χ0v) is 10.8. The summed E-state index contributed by atoms with van der Waals surface area (Å²) in [6.07, 6.45) is 0.416. The first-order chi connectivity index (χ1) is 7.97. The molecule has 0 heterocycles. The van der Waals surface area contributed by atoms with Crippen LogP contribution >= 0.6 is 11.8 Å². The van der Waals surface area contributed by atoms with E-state index in [4.69, 9.17) is 5.73 Å². The number of hydrogen-bond donors (Lipinski definition) is 2. The molecule has 94 valence electrons. The number of carbonyl (C=O) groups excluding carboxylic acids is 1. The van der Waals surface area contributed by atoms with Crippen molar-refractivity contribution in [1.82, 2.24) is 5.32 Å². The van der Waals surface area contributed by atoms with Gasteiger partial charge in [-0.3, -0.25) is 4.79 Å². The van der Waals surface area contributed by atoms with Crippen molar-refractivity contribution >= 4 is 23.4 Å². The van der Waals surface area contributed by atoms with E-state index in [-0.39, 0.29) is 17.8 Å². The SMILES string of the molecule is CC(C)NC(=O)CCSc1cc(N)cc(F)c1. The Morgan fingerprint density at radius 1 is 1.47 bits per heavy atom. The summed E-state index contributed by atoms with van der Waals surface area (Å²) in [6.45, 7) is 3.83. The van der Waals surface area contributed by atoms with Crippen LogP contribution in [0.1, 0.15) is 20.3 Å². The second-order valence-electron chi connectivity index (χ2n) is 4.04. The van der Waals surface area contributed by atoms with Crippen LogP contribution < -0.4 is 11.1 Å². The number of nitrogens with two attached hydrogens (primary N) is 1. The predicted octanol–water partition coefficient (Wildman–Crippen LogP) is 2.41. The average Bonchev–Trinajstić information content (AvgIpc) is 2.14. The Morgan fingerprint density at radius 2 is 2.18 bits per heavy atom. The second kappa shape index (κ2) is 6.49. The molecule has 5 heteroatoms.